The molecule has 0 aliphatic carbocycles. The summed E-state index contributed by atoms with van der Waals surface area (Å²) in [6, 6.07) is 11.0. The van der Waals surface area contributed by atoms with Gasteiger partial charge in [-0.1, -0.05) is 24.3 Å². The molecule has 1 aromatic heterocycles. The van der Waals surface area contributed by atoms with Gasteiger partial charge in [0.1, 0.15) is 0 Å². The molecule has 0 spiro atoms. The zero-order chi connectivity index (χ0) is 37.0. The van der Waals surface area contributed by atoms with E-state index in [1.807, 2.05) is 0 Å². The number of amides is 1. The van der Waals surface area contributed by atoms with Crippen LogP contribution >= 0.6 is 0 Å². The molecule has 1 unspecified atom stereocenters. The molecule has 17 nitrogen and oxygen atoms in total. The average molecular weight is 697 g/mol. The number of ketones is 1. The number of carboxylic acid groups (broad SMARTS) is 4. The fourth-order valence-corrected chi connectivity index (χ4v) is 5.35. The summed E-state index contributed by atoms with van der Waals surface area (Å²) in [5, 5.41) is 41.2. The number of carbonyl (C=O) groups is 6. The number of benzene rings is 2. The van der Waals surface area contributed by atoms with Crippen LogP contribution < -0.4 is 16.6 Å². The molecule has 0 bridgehead atoms. The monoisotopic (exact) mass is 696 g/mol. The Labute approximate surface area is 285 Å². The van der Waals surface area contributed by atoms with E-state index < -0.39 is 62.0 Å². The van der Waals surface area contributed by atoms with Gasteiger partial charge in [0.2, 0.25) is 11.5 Å². The second kappa shape index (κ2) is 18.2. The molecule has 0 aliphatic rings. The summed E-state index contributed by atoms with van der Waals surface area (Å²) < 4.78 is 0. The first-order valence-electron chi connectivity index (χ1n) is 15.4. The van der Waals surface area contributed by atoms with E-state index in [4.69, 9.17) is 5.73 Å². The van der Waals surface area contributed by atoms with Gasteiger partial charge in [0, 0.05) is 55.3 Å². The SMILES string of the molecule is Cc1cc(=O)[nH]c2cc(CC(=O)CN(CCN(CCN(CC(=O)O)CC(=O)NC(C(=O)O)c3ccc(N)cc3)CC(=O)O)CC(=O)O)ccc12. The summed E-state index contributed by atoms with van der Waals surface area (Å²) in [5.41, 5.74) is 7.93. The van der Waals surface area contributed by atoms with Crippen LogP contribution in [0.15, 0.2) is 53.3 Å². The smallest absolute Gasteiger partial charge is 0.330 e. The standard InChI is InChI=1S/C33H40N6O11/c1-20-12-27(41)35-26-14-21(2-7-25(20)26)13-24(40)15-38(18-30(45)46)10-8-37(17-29(43)44)9-11-39(19-31(47)48)16-28(42)36-32(33(49)50)22-3-5-23(34)6-4-22/h2-7,12,14,32H,8-11,13,15-19,34H2,1H3,(H,35,41)(H,36,42)(H,43,44)(H,45,46)(H,47,48)(H,49,50). The van der Waals surface area contributed by atoms with Crippen LogP contribution in [0, 0.1) is 6.92 Å². The average Bonchev–Trinajstić information content (AvgIpc) is 3.00. The van der Waals surface area contributed by atoms with Crippen molar-refractivity contribution in [1.82, 2.24) is 25.0 Å². The van der Waals surface area contributed by atoms with Crippen LogP contribution in [0.2, 0.25) is 0 Å². The van der Waals surface area contributed by atoms with Gasteiger partial charge < -0.3 is 36.5 Å². The van der Waals surface area contributed by atoms with Crippen molar-refractivity contribution in [3.63, 3.8) is 0 Å². The van der Waals surface area contributed by atoms with Crippen molar-refractivity contribution < 1.29 is 49.2 Å². The van der Waals surface area contributed by atoms with E-state index in [2.05, 4.69) is 10.3 Å². The number of hydrogen-bond acceptors (Lipinski definition) is 11. The van der Waals surface area contributed by atoms with Crippen LogP contribution in [0.4, 0.5) is 5.69 Å². The number of nitrogens with two attached hydrogens (primary N) is 1. The quantitative estimate of drug-likeness (QED) is 0.0701. The van der Waals surface area contributed by atoms with E-state index in [-0.39, 0.29) is 56.1 Å². The molecule has 50 heavy (non-hydrogen) atoms. The third-order valence-corrected chi connectivity index (χ3v) is 7.65. The minimum Gasteiger partial charge on any atom is -0.480 e. The maximum atomic E-state index is 13.0. The number of pyridine rings is 1. The summed E-state index contributed by atoms with van der Waals surface area (Å²) in [6.45, 7) is -0.851. The van der Waals surface area contributed by atoms with Crippen molar-refractivity contribution in [3.8, 4) is 0 Å². The number of nitrogens with zero attached hydrogens (tertiary/aromatic N) is 3. The Morgan fingerprint density at radius 1 is 0.740 bits per heavy atom. The number of carboxylic acids is 4. The van der Waals surface area contributed by atoms with Gasteiger partial charge in [-0.3, -0.25) is 43.5 Å². The van der Waals surface area contributed by atoms with Crippen molar-refractivity contribution in [1.29, 1.82) is 0 Å². The number of aryl methyl sites for hydroxylation is 1. The summed E-state index contributed by atoms with van der Waals surface area (Å²) >= 11 is 0. The summed E-state index contributed by atoms with van der Waals surface area (Å²) in [5.74, 6) is -6.17. The summed E-state index contributed by atoms with van der Waals surface area (Å²) in [6.07, 6.45) is -0.0475. The van der Waals surface area contributed by atoms with Crippen molar-refractivity contribution >= 4 is 52.2 Å². The number of nitrogen functional groups attached to an aromatic ring is 1. The van der Waals surface area contributed by atoms with Gasteiger partial charge in [-0.15, -0.1) is 0 Å². The largest absolute Gasteiger partial charge is 0.480 e. The number of anilines is 1. The van der Waals surface area contributed by atoms with Crippen molar-refractivity contribution in [2.45, 2.75) is 19.4 Å². The Balaban J connectivity index is 1.64. The number of aliphatic carboxylic acids is 4. The molecule has 8 N–H and O–H groups in total. The first kappa shape index (κ1) is 38.8. The molecular formula is C33H40N6O11. The van der Waals surface area contributed by atoms with Gasteiger partial charge >= 0.3 is 23.9 Å². The predicted molar refractivity (Wildman–Crippen MR) is 180 cm³/mol. The summed E-state index contributed by atoms with van der Waals surface area (Å²) in [7, 11) is 0. The molecule has 0 aliphatic heterocycles. The molecule has 3 aromatic rings. The first-order chi connectivity index (χ1) is 23.6. The minimum absolute atomic E-state index is 0.0192. The Morgan fingerprint density at radius 2 is 1.28 bits per heavy atom. The van der Waals surface area contributed by atoms with Crippen LogP contribution in [-0.4, -0.2) is 135 Å². The van der Waals surface area contributed by atoms with Gasteiger partial charge in [-0.05, 0) is 41.8 Å². The van der Waals surface area contributed by atoms with Crippen LogP contribution in [0.5, 0.6) is 0 Å². The van der Waals surface area contributed by atoms with Crippen LogP contribution in [0.1, 0.15) is 22.7 Å². The third-order valence-electron chi connectivity index (χ3n) is 7.65. The maximum absolute atomic E-state index is 13.0. The Hall–Kier alpha value is -5.65. The van der Waals surface area contributed by atoms with Crippen LogP contribution in [0.25, 0.3) is 10.9 Å². The van der Waals surface area contributed by atoms with E-state index in [0.717, 1.165) is 10.9 Å². The topological polar surface area (TPSA) is 264 Å². The van der Waals surface area contributed by atoms with Crippen molar-refractivity contribution in [2.75, 3.05) is 64.6 Å². The van der Waals surface area contributed by atoms with Crippen LogP contribution in [0.3, 0.4) is 0 Å². The zero-order valence-electron chi connectivity index (χ0n) is 27.3. The number of Topliss-reactive ketones (excluding diaryl/α,β-unsaturated/α-hetero) is 1. The van der Waals surface area contributed by atoms with Crippen LogP contribution in [-0.2, 0) is 35.2 Å². The number of carbonyl (C=O) groups excluding carboxylic acids is 2. The molecule has 0 radical (unpaired) electrons. The normalized spacial score (nSPS) is 11.9. The lowest BCUT2D eigenvalue weighted by Gasteiger charge is -2.28. The van der Waals surface area contributed by atoms with Gasteiger partial charge in [0.15, 0.2) is 11.8 Å². The van der Waals surface area contributed by atoms with E-state index in [1.54, 1.807) is 25.1 Å². The van der Waals surface area contributed by atoms with Gasteiger partial charge in [-0.25, -0.2) is 4.79 Å². The lowest BCUT2D eigenvalue weighted by atomic mass is 10.0. The van der Waals surface area contributed by atoms with Gasteiger partial charge in [0.05, 0.1) is 32.7 Å². The van der Waals surface area contributed by atoms with E-state index in [0.29, 0.717) is 16.8 Å². The van der Waals surface area contributed by atoms with Crippen molar-refractivity contribution in [3.05, 3.63) is 75.6 Å². The highest BCUT2D eigenvalue weighted by atomic mass is 16.4. The molecule has 0 fully saturated rings. The molecular weight excluding hydrogens is 656 g/mol. The molecule has 268 valence electrons. The number of aromatic nitrogens is 1. The highest BCUT2D eigenvalue weighted by Crippen LogP contribution is 2.17. The van der Waals surface area contributed by atoms with E-state index in [9.17, 15) is 54.0 Å². The Kier molecular flexibility index (Phi) is 14.1. The minimum atomic E-state index is -1.43. The number of hydrogen-bond donors (Lipinski definition) is 7. The molecule has 3 rings (SSSR count). The number of fused-ring (bicyclic) bond motifs is 1. The van der Waals surface area contributed by atoms with E-state index in [1.165, 1.54) is 45.0 Å². The number of rotatable bonds is 21. The highest BCUT2D eigenvalue weighted by Gasteiger charge is 2.25. The Bertz CT molecular complexity index is 1780. The first-order valence-corrected chi connectivity index (χ1v) is 15.4. The lowest BCUT2D eigenvalue weighted by Crippen LogP contribution is -2.47. The molecule has 1 heterocycles. The van der Waals surface area contributed by atoms with E-state index >= 15 is 0 Å². The number of aromatic amines is 1. The predicted octanol–water partition coefficient (Wildman–Crippen LogP) is -0.368. The molecule has 0 saturated carbocycles. The third kappa shape index (κ3) is 12.8. The highest BCUT2D eigenvalue weighted by molar-refractivity contribution is 5.87. The molecule has 1 atom stereocenters. The second-order valence-corrected chi connectivity index (χ2v) is 11.8. The Morgan fingerprint density at radius 3 is 1.84 bits per heavy atom. The summed E-state index contributed by atoms with van der Waals surface area (Å²) in [4.78, 5) is 91.0. The number of H-pyrrole nitrogens is 1. The maximum Gasteiger partial charge on any atom is 0.330 e. The van der Waals surface area contributed by atoms with Gasteiger partial charge in [-0.2, -0.15) is 0 Å². The lowest BCUT2D eigenvalue weighted by molar-refractivity contribution is -0.143. The zero-order valence-corrected chi connectivity index (χ0v) is 27.3. The van der Waals surface area contributed by atoms with Gasteiger partial charge in [0.25, 0.3) is 0 Å². The molecule has 0 saturated heterocycles. The molecule has 17 heteroatoms. The fourth-order valence-electron chi connectivity index (χ4n) is 5.35. The molecule has 2 aromatic carbocycles. The second-order valence-electron chi connectivity index (χ2n) is 11.8. The van der Waals surface area contributed by atoms with Crippen molar-refractivity contribution in [2.24, 2.45) is 0 Å². The number of nitrogens with one attached hydrogen (secondary N) is 2. The fraction of sp³-hybridized carbons (Fsp3) is 0.364. The molecule has 1 amide bonds.